The molecule has 0 unspecified atom stereocenters. The van der Waals surface area contributed by atoms with E-state index in [4.69, 9.17) is 5.73 Å². The minimum absolute atomic E-state index is 0.151. The van der Waals surface area contributed by atoms with Gasteiger partial charge in [-0.1, -0.05) is 0 Å². The van der Waals surface area contributed by atoms with Crippen LogP contribution < -0.4 is 5.73 Å². The van der Waals surface area contributed by atoms with Gasteiger partial charge in [0.15, 0.2) is 0 Å². The summed E-state index contributed by atoms with van der Waals surface area (Å²) in [5, 5.41) is 9.62. The number of nitrogen functional groups attached to an aromatic ring is 1. The fourth-order valence-electron chi connectivity index (χ4n) is 2.22. The molecule has 0 spiro atoms. The number of β-amino-alcohol motifs (C(OH)–C–C–N with tert-alkyl or cyclic N) is 1. The Hall–Kier alpha value is -0.630. The molecule has 0 bridgehead atoms. The van der Waals surface area contributed by atoms with Crippen LogP contribution in [-0.4, -0.2) is 37.0 Å². The molecule has 5 nitrogen and oxygen atoms in total. The summed E-state index contributed by atoms with van der Waals surface area (Å²) in [7, 11) is -3.59. The maximum Gasteiger partial charge on any atom is 0.243 e. The van der Waals surface area contributed by atoms with E-state index < -0.39 is 16.1 Å². The first-order valence-electron chi connectivity index (χ1n) is 6.06. The van der Waals surface area contributed by atoms with Crippen molar-refractivity contribution >= 4 is 31.6 Å². The maximum absolute atomic E-state index is 12.6. The minimum atomic E-state index is -3.59. The molecule has 2 rings (SSSR count). The van der Waals surface area contributed by atoms with Crippen LogP contribution in [0.3, 0.4) is 0 Å². The highest BCUT2D eigenvalue weighted by Crippen LogP contribution is 2.29. The molecule has 0 aromatic heterocycles. The monoisotopic (exact) mass is 348 g/mol. The second-order valence-corrected chi connectivity index (χ2v) is 7.56. The predicted molar refractivity (Wildman–Crippen MR) is 77.3 cm³/mol. The summed E-state index contributed by atoms with van der Waals surface area (Å²) in [6.45, 7) is 2.32. The van der Waals surface area contributed by atoms with E-state index in [0.29, 0.717) is 35.1 Å². The molecule has 1 atom stereocenters. The first-order chi connectivity index (χ1) is 8.82. The summed E-state index contributed by atoms with van der Waals surface area (Å²) in [5.41, 5.74) is 6.79. The van der Waals surface area contributed by atoms with E-state index in [0.717, 1.165) is 0 Å². The number of hydrogen-bond donors (Lipinski definition) is 2. The molecule has 0 radical (unpaired) electrons. The van der Waals surface area contributed by atoms with E-state index in [9.17, 15) is 13.5 Å². The standard InChI is InChI=1S/C12H17BrN2O3S/c1-8-5-10(13)11(14)6-12(8)19(17,18)15-4-2-3-9(16)7-15/h5-6,9,16H,2-4,7,14H2,1H3/t9-/m0/s1. The van der Waals surface area contributed by atoms with Crippen molar-refractivity contribution in [1.82, 2.24) is 4.31 Å². The maximum atomic E-state index is 12.6. The van der Waals surface area contributed by atoms with E-state index in [1.54, 1.807) is 13.0 Å². The van der Waals surface area contributed by atoms with Gasteiger partial charge in [0.05, 0.1) is 11.0 Å². The largest absolute Gasteiger partial charge is 0.398 e. The van der Waals surface area contributed by atoms with Gasteiger partial charge in [-0.2, -0.15) is 4.31 Å². The number of anilines is 1. The third kappa shape index (κ3) is 2.94. The number of nitrogens with zero attached hydrogens (tertiary/aromatic N) is 1. The third-order valence-electron chi connectivity index (χ3n) is 3.27. The Labute approximate surface area is 121 Å². The average molecular weight is 349 g/mol. The second kappa shape index (κ2) is 5.40. The first-order valence-corrected chi connectivity index (χ1v) is 8.29. The second-order valence-electron chi connectivity index (χ2n) is 4.80. The Morgan fingerprint density at radius 1 is 1.47 bits per heavy atom. The summed E-state index contributed by atoms with van der Waals surface area (Å²) < 4.78 is 27.1. The van der Waals surface area contributed by atoms with Crippen molar-refractivity contribution in [2.75, 3.05) is 18.8 Å². The molecule has 1 aliphatic heterocycles. The van der Waals surface area contributed by atoms with E-state index in [1.165, 1.54) is 10.4 Å². The molecule has 1 fully saturated rings. The van der Waals surface area contributed by atoms with Gasteiger partial charge in [0.2, 0.25) is 10.0 Å². The predicted octanol–water partition coefficient (Wildman–Crippen LogP) is 1.49. The van der Waals surface area contributed by atoms with Crippen molar-refractivity contribution in [3.63, 3.8) is 0 Å². The molecule has 1 aromatic carbocycles. The highest BCUT2D eigenvalue weighted by molar-refractivity contribution is 9.10. The number of aliphatic hydroxyl groups excluding tert-OH is 1. The Morgan fingerprint density at radius 3 is 2.79 bits per heavy atom. The lowest BCUT2D eigenvalue weighted by molar-refractivity contribution is 0.108. The molecular weight excluding hydrogens is 332 g/mol. The molecule has 0 aliphatic carbocycles. The molecule has 1 aromatic rings. The van der Waals surface area contributed by atoms with Crippen LogP contribution in [0.5, 0.6) is 0 Å². The SMILES string of the molecule is Cc1cc(Br)c(N)cc1S(=O)(=O)N1CCC[C@H](O)C1. The summed E-state index contributed by atoms with van der Waals surface area (Å²) in [6, 6.07) is 3.17. The number of aryl methyl sites for hydroxylation is 1. The lowest BCUT2D eigenvalue weighted by atomic mass is 10.1. The average Bonchev–Trinajstić information content (AvgIpc) is 2.33. The Morgan fingerprint density at radius 2 is 2.16 bits per heavy atom. The van der Waals surface area contributed by atoms with Gasteiger partial charge in [0, 0.05) is 23.2 Å². The van der Waals surface area contributed by atoms with E-state index >= 15 is 0 Å². The topological polar surface area (TPSA) is 83.6 Å². The van der Waals surface area contributed by atoms with E-state index in [-0.39, 0.29) is 11.4 Å². The Kier molecular flexibility index (Phi) is 4.20. The highest BCUT2D eigenvalue weighted by Gasteiger charge is 2.30. The smallest absolute Gasteiger partial charge is 0.243 e. The summed E-state index contributed by atoms with van der Waals surface area (Å²) in [5.74, 6) is 0. The highest BCUT2D eigenvalue weighted by atomic mass is 79.9. The van der Waals surface area contributed by atoms with Crippen molar-refractivity contribution in [3.8, 4) is 0 Å². The normalized spacial score (nSPS) is 21.5. The lowest BCUT2D eigenvalue weighted by Gasteiger charge is -2.29. The van der Waals surface area contributed by atoms with E-state index in [1.807, 2.05) is 0 Å². The number of aliphatic hydroxyl groups is 1. The van der Waals surface area contributed by atoms with Crippen molar-refractivity contribution in [3.05, 3.63) is 22.2 Å². The molecule has 1 heterocycles. The van der Waals surface area contributed by atoms with Crippen LogP contribution in [0.15, 0.2) is 21.5 Å². The van der Waals surface area contributed by atoms with Crippen LogP contribution in [0.4, 0.5) is 5.69 Å². The van der Waals surface area contributed by atoms with Crippen LogP contribution in [0.25, 0.3) is 0 Å². The molecule has 106 valence electrons. The summed E-state index contributed by atoms with van der Waals surface area (Å²) in [6.07, 6.45) is 0.732. The van der Waals surface area contributed by atoms with Gasteiger partial charge in [-0.15, -0.1) is 0 Å². The molecule has 3 N–H and O–H groups in total. The minimum Gasteiger partial charge on any atom is -0.398 e. The third-order valence-corrected chi connectivity index (χ3v) is 5.97. The van der Waals surface area contributed by atoms with Gasteiger partial charge in [-0.3, -0.25) is 0 Å². The Bertz CT molecular complexity index is 589. The van der Waals surface area contributed by atoms with Gasteiger partial charge in [-0.05, 0) is 53.4 Å². The zero-order chi connectivity index (χ0) is 14.2. The van der Waals surface area contributed by atoms with Crippen molar-refractivity contribution in [2.45, 2.75) is 30.8 Å². The van der Waals surface area contributed by atoms with Gasteiger partial charge < -0.3 is 10.8 Å². The molecule has 0 saturated carbocycles. The van der Waals surface area contributed by atoms with Crippen LogP contribution in [0.1, 0.15) is 18.4 Å². The van der Waals surface area contributed by atoms with Crippen molar-refractivity contribution in [2.24, 2.45) is 0 Å². The quantitative estimate of drug-likeness (QED) is 0.793. The first kappa shape index (κ1) is 14.8. The zero-order valence-corrected chi connectivity index (χ0v) is 13.0. The van der Waals surface area contributed by atoms with Crippen LogP contribution in [0.2, 0.25) is 0 Å². The number of piperidine rings is 1. The molecular formula is C12H17BrN2O3S. The molecule has 19 heavy (non-hydrogen) atoms. The molecule has 0 amide bonds. The fraction of sp³-hybridized carbons (Fsp3) is 0.500. The number of sulfonamides is 1. The molecule has 1 saturated heterocycles. The lowest BCUT2D eigenvalue weighted by Crippen LogP contribution is -2.42. The number of benzene rings is 1. The van der Waals surface area contributed by atoms with Crippen molar-refractivity contribution < 1.29 is 13.5 Å². The van der Waals surface area contributed by atoms with Gasteiger partial charge in [-0.25, -0.2) is 8.42 Å². The summed E-state index contributed by atoms with van der Waals surface area (Å²) >= 11 is 3.28. The van der Waals surface area contributed by atoms with E-state index in [2.05, 4.69) is 15.9 Å². The summed E-state index contributed by atoms with van der Waals surface area (Å²) in [4.78, 5) is 0.210. The number of halogens is 1. The number of nitrogens with two attached hydrogens (primary N) is 1. The van der Waals surface area contributed by atoms with Gasteiger partial charge in [0.25, 0.3) is 0 Å². The van der Waals surface area contributed by atoms with Crippen molar-refractivity contribution in [1.29, 1.82) is 0 Å². The van der Waals surface area contributed by atoms with Crippen LogP contribution >= 0.6 is 15.9 Å². The fourth-order valence-corrected chi connectivity index (χ4v) is 4.44. The molecule has 7 heteroatoms. The van der Waals surface area contributed by atoms with Gasteiger partial charge in [0.1, 0.15) is 0 Å². The molecule has 1 aliphatic rings. The zero-order valence-electron chi connectivity index (χ0n) is 10.6. The Balaban J connectivity index is 2.42. The van der Waals surface area contributed by atoms with Crippen LogP contribution in [-0.2, 0) is 10.0 Å². The van der Waals surface area contributed by atoms with Gasteiger partial charge >= 0.3 is 0 Å². The number of hydrogen-bond acceptors (Lipinski definition) is 4. The van der Waals surface area contributed by atoms with Crippen LogP contribution in [0, 0.1) is 6.92 Å². The number of rotatable bonds is 2.